The van der Waals surface area contributed by atoms with E-state index < -0.39 is 36.1 Å². The molecule has 0 radical (unpaired) electrons. The van der Waals surface area contributed by atoms with Crippen LogP contribution in [0.25, 0.3) is 6.08 Å². The fourth-order valence-corrected chi connectivity index (χ4v) is 3.44. The Morgan fingerprint density at radius 1 is 1.29 bits per heavy atom. The molecular formula is C15H12FNO5S2. The van der Waals surface area contributed by atoms with Gasteiger partial charge in [0.2, 0.25) is 0 Å². The van der Waals surface area contributed by atoms with Crippen LogP contribution >= 0.6 is 24.0 Å². The van der Waals surface area contributed by atoms with Crippen LogP contribution in [0.3, 0.4) is 0 Å². The molecule has 1 amide bonds. The van der Waals surface area contributed by atoms with Crippen LogP contribution in [-0.2, 0) is 14.4 Å². The highest BCUT2D eigenvalue weighted by molar-refractivity contribution is 8.26. The van der Waals surface area contributed by atoms with E-state index in [1.165, 1.54) is 30.3 Å². The lowest BCUT2D eigenvalue weighted by Crippen LogP contribution is -2.44. The zero-order valence-corrected chi connectivity index (χ0v) is 13.8. The molecule has 0 aromatic heterocycles. The third-order valence-corrected chi connectivity index (χ3v) is 4.55. The molecule has 126 valence electrons. The van der Waals surface area contributed by atoms with Gasteiger partial charge in [0, 0.05) is 6.42 Å². The molecule has 1 unspecified atom stereocenters. The second-order valence-corrected chi connectivity index (χ2v) is 6.57. The number of carboxylic acids is 2. The van der Waals surface area contributed by atoms with Crippen LogP contribution in [0, 0.1) is 5.82 Å². The number of rotatable bonds is 6. The fourth-order valence-electron chi connectivity index (χ4n) is 2.08. The Morgan fingerprint density at radius 3 is 2.46 bits per heavy atom. The number of amides is 1. The molecule has 2 rings (SSSR count). The normalized spacial score (nSPS) is 17.4. The van der Waals surface area contributed by atoms with E-state index >= 15 is 0 Å². The zero-order valence-electron chi connectivity index (χ0n) is 12.1. The molecule has 0 bridgehead atoms. The minimum absolute atomic E-state index is 0.0474. The van der Waals surface area contributed by atoms with Gasteiger partial charge in [-0.15, -0.1) is 0 Å². The maximum absolute atomic E-state index is 12.9. The molecule has 1 saturated heterocycles. The van der Waals surface area contributed by atoms with E-state index in [-0.39, 0.29) is 15.6 Å². The molecular weight excluding hydrogens is 357 g/mol. The van der Waals surface area contributed by atoms with Gasteiger partial charge in [-0.3, -0.25) is 14.5 Å². The van der Waals surface area contributed by atoms with Crippen LogP contribution in [0.5, 0.6) is 0 Å². The van der Waals surface area contributed by atoms with Crippen molar-refractivity contribution in [2.45, 2.75) is 18.9 Å². The van der Waals surface area contributed by atoms with Gasteiger partial charge in [-0.05, 0) is 30.2 Å². The topological polar surface area (TPSA) is 94.9 Å². The lowest BCUT2D eigenvalue weighted by molar-refractivity contribution is -0.146. The number of carboxylic acid groups (broad SMARTS) is 2. The van der Waals surface area contributed by atoms with Crippen LogP contribution in [0.4, 0.5) is 4.39 Å². The highest BCUT2D eigenvalue weighted by atomic mass is 32.2. The monoisotopic (exact) mass is 369 g/mol. The van der Waals surface area contributed by atoms with Crippen LogP contribution in [-0.4, -0.2) is 43.3 Å². The van der Waals surface area contributed by atoms with Gasteiger partial charge in [0.25, 0.3) is 5.91 Å². The Labute approximate surface area is 146 Å². The first-order chi connectivity index (χ1) is 11.3. The SMILES string of the molecule is O=C(O)CCC(C(=O)O)N1C(=O)/C(=C/c2ccc(F)cc2)SC1=S. The number of carbonyl (C=O) groups excluding carboxylic acids is 1. The summed E-state index contributed by atoms with van der Waals surface area (Å²) in [5.74, 6) is -3.50. The molecule has 0 aliphatic carbocycles. The number of thioether (sulfide) groups is 1. The van der Waals surface area contributed by atoms with E-state index in [1.807, 2.05) is 0 Å². The maximum Gasteiger partial charge on any atom is 0.326 e. The average Bonchev–Trinajstić information content (AvgIpc) is 2.77. The molecule has 9 heteroatoms. The van der Waals surface area contributed by atoms with Gasteiger partial charge < -0.3 is 10.2 Å². The fraction of sp³-hybridized carbons (Fsp3) is 0.200. The molecule has 2 N–H and O–H groups in total. The van der Waals surface area contributed by atoms with E-state index in [1.54, 1.807) is 0 Å². The van der Waals surface area contributed by atoms with Crippen LogP contribution in [0.2, 0.25) is 0 Å². The molecule has 1 aliphatic rings. The molecule has 1 fully saturated rings. The van der Waals surface area contributed by atoms with Crippen molar-refractivity contribution in [1.29, 1.82) is 0 Å². The van der Waals surface area contributed by atoms with Crippen LogP contribution in [0.15, 0.2) is 29.2 Å². The standard InChI is InChI=1S/C15H12FNO5S2/c16-9-3-1-8(2-4-9)7-11-13(20)17(15(23)24-11)10(14(21)22)5-6-12(18)19/h1-4,7,10H,5-6H2,(H,18,19)(H,21,22)/b11-7-. The summed E-state index contributed by atoms with van der Waals surface area (Å²) in [6.07, 6.45) is 0.834. The molecule has 24 heavy (non-hydrogen) atoms. The van der Waals surface area contributed by atoms with Crippen molar-refractivity contribution in [3.8, 4) is 0 Å². The van der Waals surface area contributed by atoms with Gasteiger partial charge in [0.1, 0.15) is 16.2 Å². The highest BCUT2D eigenvalue weighted by Gasteiger charge is 2.40. The van der Waals surface area contributed by atoms with Gasteiger partial charge in [0.15, 0.2) is 0 Å². The number of thiocarbonyl (C=S) groups is 1. The van der Waals surface area contributed by atoms with E-state index in [0.717, 1.165) is 16.7 Å². The van der Waals surface area contributed by atoms with E-state index in [9.17, 15) is 23.9 Å². The van der Waals surface area contributed by atoms with Crippen LogP contribution in [0.1, 0.15) is 18.4 Å². The maximum atomic E-state index is 12.9. The Balaban J connectivity index is 2.24. The van der Waals surface area contributed by atoms with Crippen molar-refractivity contribution in [3.63, 3.8) is 0 Å². The first kappa shape index (κ1) is 18.1. The summed E-state index contributed by atoms with van der Waals surface area (Å²) in [4.78, 5) is 35.6. The third-order valence-electron chi connectivity index (χ3n) is 3.22. The minimum atomic E-state index is -1.34. The Kier molecular flexibility index (Phi) is 5.68. The largest absolute Gasteiger partial charge is 0.481 e. The molecule has 1 aromatic carbocycles. The van der Waals surface area contributed by atoms with Crippen molar-refractivity contribution < 1.29 is 29.0 Å². The Morgan fingerprint density at radius 2 is 1.92 bits per heavy atom. The molecule has 1 heterocycles. The van der Waals surface area contributed by atoms with Gasteiger partial charge >= 0.3 is 11.9 Å². The zero-order chi connectivity index (χ0) is 17.9. The van der Waals surface area contributed by atoms with Gasteiger partial charge in [0.05, 0.1) is 4.91 Å². The first-order valence-corrected chi connectivity index (χ1v) is 7.99. The Hall–Kier alpha value is -2.26. The summed E-state index contributed by atoms with van der Waals surface area (Å²) < 4.78 is 13.0. The number of hydrogen-bond acceptors (Lipinski definition) is 5. The number of benzene rings is 1. The van der Waals surface area contributed by atoms with Crippen molar-refractivity contribution in [2.75, 3.05) is 0 Å². The van der Waals surface area contributed by atoms with E-state index in [2.05, 4.69) is 0 Å². The highest BCUT2D eigenvalue weighted by Crippen LogP contribution is 2.34. The lowest BCUT2D eigenvalue weighted by Gasteiger charge is -2.22. The summed E-state index contributed by atoms with van der Waals surface area (Å²) in [6.45, 7) is 0. The molecule has 1 atom stereocenters. The summed E-state index contributed by atoms with van der Waals surface area (Å²) >= 11 is 5.99. The Bertz CT molecular complexity index is 732. The summed E-state index contributed by atoms with van der Waals surface area (Å²) in [7, 11) is 0. The number of hydrogen-bond donors (Lipinski definition) is 2. The van der Waals surface area contributed by atoms with Crippen molar-refractivity contribution in [1.82, 2.24) is 4.90 Å². The molecule has 1 aromatic rings. The van der Waals surface area contributed by atoms with Gasteiger partial charge in [-0.2, -0.15) is 0 Å². The predicted molar refractivity (Wildman–Crippen MR) is 89.7 cm³/mol. The van der Waals surface area contributed by atoms with Crippen molar-refractivity contribution in [2.24, 2.45) is 0 Å². The quantitative estimate of drug-likeness (QED) is 0.587. The van der Waals surface area contributed by atoms with Crippen molar-refractivity contribution >= 4 is 52.2 Å². The smallest absolute Gasteiger partial charge is 0.326 e. The lowest BCUT2D eigenvalue weighted by atomic mass is 10.1. The van der Waals surface area contributed by atoms with E-state index in [4.69, 9.17) is 17.3 Å². The number of aliphatic carboxylic acids is 2. The molecule has 0 saturated carbocycles. The second kappa shape index (κ2) is 7.54. The van der Waals surface area contributed by atoms with Gasteiger partial charge in [-0.1, -0.05) is 36.1 Å². The minimum Gasteiger partial charge on any atom is -0.481 e. The average molecular weight is 369 g/mol. The van der Waals surface area contributed by atoms with Crippen LogP contribution < -0.4 is 0 Å². The predicted octanol–water partition coefficient (Wildman–Crippen LogP) is 2.34. The number of halogens is 1. The summed E-state index contributed by atoms with van der Waals surface area (Å²) in [5.41, 5.74) is 0.564. The first-order valence-electron chi connectivity index (χ1n) is 6.77. The summed E-state index contributed by atoms with van der Waals surface area (Å²) in [5, 5.41) is 18.0. The van der Waals surface area contributed by atoms with Gasteiger partial charge in [-0.25, -0.2) is 9.18 Å². The number of carbonyl (C=O) groups is 3. The number of nitrogens with zero attached hydrogens (tertiary/aromatic N) is 1. The molecule has 1 aliphatic heterocycles. The summed E-state index contributed by atoms with van der Waals surface area (Å²) in [6, 6.07) is 4.08. The third kappa shape index (κ3) is 4.18. The van der Waals surface area contributed by atoms with Crippen molar-refractivity contribution in [3.05, 3.63) is 40.6 Å². The van der Waals surface area contributed by atoms with E-state index in [0.29, 0.717) is 5.56 Å². The molecule has 6 nitrogen and oxygen atoms in total. The molecule has 0 spiro atoms. The second-order valence-electron chi connectivity index (χ2n) is 4.89.